The molecule has 0 aliphatic carbocycles. The fourth-order valence-corrected chi connectivity index (χ4v) is 6.70. The van der Waals surface area contributed by atoms with Crippen LogP contribution in [0.2, 0.25) is 0 Å². The van der Waals surface area contributed by atoms with Gasteiger partial charge < -0.3 is 15.1 Å². The Labute approximate surface area is 196 Å². The molecule has 6 nitrogen and oxygen atoms in total. The number of benzene rings is 2. The number of nitrogens with zero attached hydrogens (tertiary/aromatic N) is 3. The van der Waals surface area contributed by atoms with Crippen LogP contribution >= 0.6 is 11.8 Å². The Kier molecular flexibility index (Phi) is 6.25. The second kappa shape index (κ2) is 8.59. The molecular formula is C22H27F3N4O2S2. The predicted molar refractivity (Wildman–Crippen MR) is 128 cm³/mol. The summed E-state index contributed by atoms with van der Waals surface area (Å²) in [7, 11) is -0.341. The van der Waals surface area contributed by atoms with Gasteiger partial charge in [0.15, 0.2) is 5.75 Å². The lowest BCUT2D eigenvalue weighted by Gasteiger charge is -2.36. The topological polar surface area (TPSA) is 55.9 Å². The molecule has 0 unspecified atom stereocenters. The lowest BCUT2D eigenvalue weighted by atomic mass is 10.1. The average molecular weight is 501 g/mol. The molecule has 2 aliphatic heterocycles. The average Bonchev–Trinajstić information content (AvgIpc) is 2.71. The molecule has 11 heteroatoms. The van der Waals surface area contributed by atoms with Gasteiger partial charge in [-0.3, -0.25) is 0 Å². The van der Waals surface area contributed by atoms with Gasteiger partial charge in [0.25, 0.3) is 0 Å². The molecule has 33 heavy (non-hydrogen) atoms. The van der Waals surface area contributed by atoms with Gasteiger partial charge in [0, 0.05) is 61.4 Å². The fourth-order valence-electron chi connectivity index (χ4n) is 4.16. The maximum Gasteiger partial charge on any atom is 0.404 e. The van der Waals surface area contributed by atoms with E-state index in [0.717, 1.165) is 48.0 Å². The predicted octanol–water partition coefficient (Wildman–Crippen LogP) is 4.59. The van der Waals surface area contributed by atoms with Crippen molar-refractivity contribution in [2.75, 3.05) is 61.1 Å². The van der Waals surface area contributed by atoms with Crippen molar-refractivity contribution in [2.45, 2.75) is 29.8 Å². The van der Waals surface area contributed by atoms with E-state index in [-0.39, 0.29) is 13.1 Å². The largest absolute Gasteiger partial charge is 0.404 e. The molecule has 180 valence electrons. The lowest BCUT2D eigenvalue weighted by molar-refractivity contribution is -0.107. The van der Waals surface area contributed by atoms with Crippen LogP contribution in [-0.4, -0.2) is 64.9 Å². The third-order valence-corrected chi connectivity index (χ3v) is 8.83. The number of nitrogens with one attached hydrogen (secondary N) is 1. The lowest BCUT2D eigenvalue weighted by Crippen LogP contribution is -2.50. The first-order valence-corrected chi connectivity index (χ1v) is 13.0. The molecule has 2 aromatic carbocycles. The Morgan fingerprint density at radius 1 is 0.970 bits per heavy atom. The summed E-state index contributed by atoms with van der Waals surface area (Å²) in [4.78, 5) is 6.30. The molecule has 0 saturated carbocycles. The summed E-state index contributed by atoms with van der Waals surface area (Å²) in [6.45, 7) is 4.86. The molecule has 1 N–H and O–H groups in total. The summed E-state index contributed by atoms with van der Waals surface area (Å²) in [5.74, 6) is -1.81. The van der Waals surface area contributed by atoms with Gasteiger partial charge in [0.05, 0.1) is 11.4 Å². The first-order valence-electron chi connectivity index (χ1n) is 10.5. The SMILES string of the molecule is Cc1cc(N(C)C)cc2c1Nc1c(C)cc(N3CCN(S(=O)(=O)CC(F)(F)F)CC3)cc1S2. The van der Waals surface area contributed by atoms with Crippen LogP contribution in [-0.2, 0) is 10.0 Å². The number of piperazine rings is 1. The van der Waals surface area contributed by atoms with E-state index in [1.54, 1.807) is 11.8 Å². The van der Waals surface area contributed by atoms with Crippen molar-refractivity contribution in [3.05, 3.63) is 35.4 Å². The van der Waals surface area contributed by atoms with Crippen molar-refractivity contribution >= 4 is 44.5 Å². The van der Waals surface area contributed by atoms with Gasteiger partial charge in [-0.05, 0) is 49.2 Å². The van der Waals surface area contributed by atoms with Gasteiger partial charge >= 0.3 is 6.18 Å². The Morgan fingerprint density at radius 3 is 2.12 bits per heavy atom. The number of aryl methyl sites for hydroxylation is 2. The minimum Gasteiger partial charge on any atom is -0.378 e. The Morgan fingerprint density at radius 2 is 1.55 bits per heavy atom. The number of halogens is 3. The van der Waals surface area contributed by atoms with E-state index in [2.05, 4.69) is 35.3 Å². The van der Waals surface area contributed by atoms with Crippen LogP contribution < -0.4 is 15.1 Å². The Hall–Kier alpha value is -2.11. The number of hydrogen-bond acceptors (Lipinski definition) is 6. The van der Waals surface area contributed by atoms with Crippen molar-refractivity contribution in [3.8, 4) is 0 Å². The fraction of sp³-hybridized carbons (Fsp3) is 0.455. The van der Waals surface area contributed by atoms with E-state index in [9.17, 15) is 21.6 Å². The molecule has 0 atom stereocenters. The van der Waals surface area contributed by atoms with Gasteiger partial charge in [-0.15, -0.1) is 0 Å². The van der Waals surface area contributed by atoms with E-state index in [4.69, 9.17) is 0 Å². The summed E-state index contributed by atoms with van der Waals surface area (Å²) in [5.41, 5.74) is 6.42. The van der Waals surface area contributed by atoms with Gasteiger partial charge in [-0.25, -0.2) is 8.42 Å². The molecule has 0 amide bonds. The van der Waals surface area contributed by atoms with Crippen LogP contribution in [0.25, 0.3) is 0 Å². The second-order valence-electron chi connectivity index (χ2n) is 8.65. The summed E-state index contributed by atoms with van der Waals surface area (Å²) in [6, 6.07) is 8.41. The van der Waals surface area contributed by atoms with Gasteiger partial charge in [0.1, 0.15) is 0 Å². The summed E-state index contributed by atoms with van der Waals surface area (Å²) in [5, 5.41) is 3.57. The van der Waals surface area contributed by atoms with E-state index in [1.807, 2.05) is 32.0 Å². The standard InChI is InChI=1S/C22H27F3N4O2S2/c1-14-9-16(27(3)4)11-18-20(14)26-21-15(2)10-17(12-19(21)32-18)28-5-7-29(8-6-28)33(30,31)13-22(23,24)25/h9-12,26H,5-8,13H2,1-4H3. The van der Waals surface area contributed by atoms with Crippen molar-refractivity contribution < 1.29 is 21.6 Å². The van der Waals surface area contributed by atoms with Gasteiger partial charge in [0.2, 0.25) is 10.0 Å². The van der Waals surface area contributed by atoms with Crippen LogP contribution in [0.4, 0.5) is 35.9 Å². The molecule has 0 bridgehead atoms. The Bertz CT molecular complexity index is 1180. The van der Waals surface area contributed by atoms with Gasteiger partial charge in [-0.2, -0.15) is 17.5 Å². The van der Waals surface area contributed by atoms with Crippen molar-refractivity contribution in [3.63, 3.8) is 0 Å². The number of anilines is 4. The van der Waals surface area contributed by atoms with Crippen LogP contribution in [0.3, 0.4) is 0 Å². The molecular weight excluding hydrogens is 473 g/mol. The quantitative estimate of drug-likeness (QED) is 0.566. The first-order chi connectivity index (χ1) is 15.3. The highest BCUT2D eigenvalue weighted by molar-refractivity contribution is 7.99. The number of sulfonamides is 1. The zero-order valence-electron chi connectivity index (χ0n) is 19.0. The molecule has 1 saturated heterocycles. The summed E-state index contributed by atoms with van der Waals surface area (Å²) < 4.78 is 63.0. The number of rotatable bonds is 4. The first kappa shape index (κ1) is 24.0. The molecule has 0 spiro atoms. The van der Waals surface area contributed by atoms with Crippen LogP contribution in [0.1, 0.15) is 11.1 Å². The van der Waals surface area contributed by atoms with E-state index in [0.29, 0.717) is 13.1 Å². The minimum atomic E-state index is -4.74. The van der Waals surface area contributed by atoms with Crippen molar-refractivity contribution in [1.29, 1.82) is 0 Å². The van der Waals surface area contributed by atoms with Crippen molar-refractivity contribution in [2.24, 2.45) is 0 Å². The molecule has 2 aliphatic rings. The summed E-state index contributed by atoms with van der Waals surface area (Å²) >= 11 is 1.68. The second-order valence-corrected chi connectivity index (χ2v) is 11.7. The van der Waals surface area contributed by atoms with Crippen molar-refractivity contribution in [1.82, 2.24) is 4.31 Å². The highest BCUT2D eigenvalue weighted by Gasteiger charge is 2.39. The highest BCUT2D eigenvalue weighted by atomic mass is 32.2. The summed E-state index contributed by atoms with van der Waals surface area (Å²) in [6.07, 6.45) is -4.74. The van der Waals surface area contributed by atoms with Crippen LogP contribution in [0.15, 0.2) is 34.1 Å². The molecule has 2 aromatic rings. The van der Waals surface area contributed by atoms with E-state index < -0.39 is 22.0 Å². The maximum absolute atomic E-state index is 12.6. The van der Waals surface area contributed by atoms with E-state index >= 15 is 0 Å². The van der Waals surface area contributed by atoms with Gasteiger partial charge in [-0.1, -0.05) is 11.8 Å². The van der Waals surface area contributed by atoms with Crippen LogP contribution in [0, 0.1) is 13.8 Å². The number of alkyl halides is 3. The normalized spacial score (nSPS) is 16.8. The maximum atomic E-state index is 12.6. The number of fused-ring (bicyclic) bond motifs is 2. The molecule has 0 aromatic heterocycles. The molecule has 2 heterocycles. The van der Waals surface area contributed by atoms with E-state index in [1.165, 1.54) is 0 Å². The number of hydrogen-bond donors (Lipinski definition) is 1. The zero-order chi connectivity index (χ0) is 24.1. The molecule has 4 rings (SSSR count). The monoisotopic (exact) mass is 500 g/mol. The zero-order valence-corrected chi connectivity index (χ0v) is 20.6. The molecule has 0 radical (unpaired) electrons. The third kappa shape index (κ3) is 5.04. The highest BCUT2D eigenvalue weighted by Crippen LogP contribution is 2.49. The minimum absolute atomic E-state index is 0.0359. The third-order valence-electron chi connectivity index (χ3n) is 5.90. The smallest absolute Gasteiger partial charge is 0.378 e. The van der Waals surface area contributed by atoms with Crippen LogP contribution in [0.5, 0.6) is 0 Å². The Balaban J connectivity index is 1.54. The molecule has 1 fully saturated rings.